The van der Waals surface area contributed by atoms with Gasteiger partial charge in [0.1, 0.15) is 5.75 Å². The first-order valence-electron chi connectivity index (χ1n) is 7.06. The van der Waals surface area contributed by atoms with E-state index < -0.39 is 0 Å². The molecule has 1 atom stereocenters. The van der Waals surface area contributed by atoms with Crippen LogP contribution in [0.25, 0.3) is 0 Å². The smallest absolute Gasteiger partial charge is 0.318 e. The molecule has 1 heterocycles. The molecule has 0 unspecified atom stereocenters. The molecule has 1 aromatic carbocycles. The van der Waals surface area contributed by atoms with Gasteiger partial charge in [-0.05, 0) is 31.5 Å². The van der Waals surface area contributed by atoms with Crippen LogP contribution in [0.15, 0.2) is 24.3 Å². The second kappa shape index (κ2) is 7.14. The molecule has 5 heteroatoms. The van der Waals surface area contributed by atoms with E-state index in [1.165, 1.54) is 0 Å². The number of hydrogen-bond donors (Lipinski definition) is 1. The predicted molar refractivity (Wildman–Crippen MR) is 76.9 cm³/mol. The van der Waals surface area contributed by atoms with E-state index in [-0.39, 0.29) is 12.1 Å². The minimum atomic E-state index is -0.0502. The summed E-state index contributed by atoms with van der Waals surface area (Å²) in [7, 11) is 0. The van der Waals surface area contributed by atoms with Gasteiger partial charge in [0.25, 0.3) is 0 Å². The first kappa shape index (κ1) is 14.7. The van der Waals surface area contributed by atoms with Crippen molar-refractivity contribution in [1.82, 2.24) is 10.2 Å². The third-order valence-corrected chi connectivity index (χ3v) is 3.31. The number of nitrogens with one attached hydrogen (secondary N) is 1. The van der Waals surface area contributed by atoms with Crippen molar-refractivity contribution in [3.05, 3.63) is 29.8 Å². The molecule has 0 aromatic heterocycles. The Morgan fingerprint density at radius 2 is 2.20 bits per heavy atom. The van der Waals surface area contributed by atoms with Crippen molar-refractivity contribution in [3.63, 3.8) is 0 Å². The number of urea groups is 1. The van der Waals surface area contributed by atoms with Crippen LogP contribution >= 0.6 is 0 Å². The molecule has 20 heavy (non-hydrogen) atoms. The van der Waals surface area contributed by atoms with Crippen molar-refractivity contribution < 1.29 is 14.3 Å². The molecule has 0 radical (unpaired) electrons. The molecule has 2 amide bonds. The van der Waals surface area contributed by atoms with Gasteiger partial charge in [-0.1, -0.05) is 12.1 Å². The summed E-state index contributed by atoms with van der Waals surface area (Å²) in [6.45, 7) is 7.09. The van der Waals surface area contributed by atoms with Gasteiger partial charge in [-0.3, -0.25) is 0 Å². The van der Waals surface area contributed by atoms with Crippen molar-refractivity contribution in [1.29, 1.82) is 0 Å². The minimum absolute atomic E-state index is 0.0392. The molecule has 1 aliphatic rings. The number of nitrogens with zero attached hydrogens (tertiary/aromatic N) is 1. The maximum absolute atomic E-state index is 12.1. The van der Waals surface area contributed by atoms with Gasteiger partial charge in [0.15, 0.2) is 0 Å². The number of benzene rings is 1. The molecule has 5 nitrogen and oxygen atoms in total. The van der Waals surface area contributed by atoms with Crippen LogP contribution in [0.5, 0.6) is 5.75 Å². The van der Waals surface area contributed by atoms with Crippen molar-refractivity contribution in [3.8, 4) is 5.75 Å². The number of rotatable bonds is 4. The molecule has 0 bridgehead atoms. The number of carbonyl (C=O) groups excluding carboxylic acids is 1. The summed E-state index contributed by atoms with van der Waals surface area (Å²) >= 11 is 0. The van der Waals surface area contributed by atoms with E-state index in [9.17, 15) is 4.79 Å². The second-order valence-electron chi connectivity index (χ2n) is 4.78. The highest BCUT2D eigenvalue weighted by Gasteiger charge is 2.18. The third kappa shape index (κ3) is 3.87. The number of ether oxygens (including phenoxy) is 2. The van der Waals surface area contributed by atoms with Gasteiger partial charge < -0.3 is 19.7 Å². The minimum Gasteiger partial charge on any atom is -0.494 e. The quantitative estimate of drug-likeness (QED) is 0.918. The van der Waals surface area contributed by atoms with Gasteiger partial charge in [0.05, 0.1) is 25.9 Å². The summed E-state index contributed by atoms with van der Waals surface area (Å²) in [4.78, 5) is 13.9. The average molecular weight is 278 g/mol. The molecule has 0 spiro atoms. The number of morpholine rings is 1. The normalized spacial score (nSPS) is 16.6. The van der Waals surface area contributed by atoms with Gasteiger partial charge in [-0.15, -0.1) is 0 Å². The molecule has 110 valence electrons. The first-order valence-corrected chi connectivity index (χ1v) is 7.06. The van der Waals surface area contributed by atoms with E-state index in [0.717, 1.165) is 11.3 Å². The molecule has 1 saturated heterocycles. The highest BCUT2D eigenvalue weighted by Crippen LogP contribution is 2.19. The highest BCUT2D eigenvalue weighted by molar-refractivity contribution is 5.74. The molecular formula is C15H22N2O3. The lowest BCUT2D eigenvalue weighted by atomic mass is 10.1. The van der Waals surface area contributed by atoms with Crippen LogP contribution in [0, 0.1) is 0 Å². The van der Waals surface area contributed by atoms with E-state index in [2.05, 4.69) is 5.32 Å². The fourth-order valence-corrected chi connectivity index (χ4v) is 2.17. The summed E-state index contributed by atoms with van der Waals surface area (Å²) in [6.07, 6.45) is 0. The molecular weight excluding hydrogens is 256 g/mol. The Labute approximate surface area is 119 Å². The van der Waals surface area contributed by atoms with E-state index in [1.54, 1.807) is 4.90 Å². The van der Waals surface area contributed by atoms with Gasteiger partial charge in [0.2, 0.25) is 0 Å². The zero-order chi connectivity index (χ0) is 14.4. The van der Waals surface area contributed by atoms with Crippen LogP contribution in [-0.2, 0) is 4.74 Å². The maximum Gasteiger partial charge on any atom is 0.318 e. The van der Waals surface area contributed by atoms with Crippen LogP contribution in [0.4, 0.5) is 4.79 Å². The SMILES string of the molecule is CCOc1cccc([C@H](C)NC(=O)N2CCOCC2)c1. The van der Waals surface area contributed by atoms with Crippen molar-refractivity contribution in [2.24, 2.45) is 0 Å². The molecule has 0 saturated carbocycles. The lowest BCUT2D eigenvalue weighted by molar-refractivity contribution is 0.0526. The summed E-state index contributed by atoms with van der Waals surface area (Å²) in [6, 6.07) is 7.73. The standard InChI is InChI=1S/C15H22N2O3/c1-3-20-14-6-4-5-13(11-14)12(2)16-15(18)17-7-9-19-10-8-17/h4-6,11-12H,3,7-10H2,1-2H3,(H,16,18)/t12-/m0/s1. The van der Waals surface area contributed by atoms with Gasteiger partial charge in [0, 0.05) is 13.1 Å². The largest absolute Gasteiger partial charge is 0.494 e. The van der Waals surface area contributed by atoms with Crippen LogP contribution < -0.4 is 10.1 Å². The van der Waals surface area contributed by atoms with Crippen LogP contribution in [0.1, 0.15) is 25.5 Å². The lowest BCUT2D eigenvalue weighted by Gasteiger charge is -2.28. The van der Waals surface area contributed by atoms with Crippen molar-refractivity contribution in [2.75, 3.05) is 32.9 Å². The fraction of sp³-hybridized carbons (Fsp3) is 0.533. The third-order valence-electron chi connectivity index (χ3n) is 3.31. The van der Waals surface area contributed by atoms with Crippen LogP contribution in [0.2, 0.25) is 0 Å². The summed E-state index contributed by atoms with van der Waals surface area (Å²) in [5, 5.41) is 3.01. The number of amides is 2. The zero-order valence-corrected chi connectivity index (χ0v) is 12.1. The molecule has 0 aliphatic carbocycles. The Hall–Kier alpha value is -1.75. The van der Waals surface area contributed by atoms with E-state index in [0.29, 0.717) is 32.9 Å². The van der Waals surface area contributed by atoms with Gasteiger partial charge in [-0.25, -0.2) is 4.79 Å². The molecule has 1 aromatic rings. The average Bonchev–Trinajstić information content (AvgIpc) is 2.48. The predicted octanol–water partition coefficient (Wildman–Crippen LogP) is 2.19. The first-order chi connectivity index (χ1) is 9.70. The molecule has 1 N–H and O–H groups in total. The monoisotopic (exact) mass is 278 g/mol. The van der Waals surface area contributed by atoms with Crippen LogP contribution in [-0.4, -0.2) is 43.8 Å². The summed E-state index contributed by atoms with van der Waals surface area (Å²) < 4.78 is 10.7. The topological polar surface area (TPSA) is 50.8 Å². The van der Waals surface area contributed by atoms with E-state index in [1.807, 2.05) is 38.1 Å². The Morgan fingerprint density at radius 3 is 2.90 bits per heavy atom. The van der Waals surface area contributed by atoms with E-state index >= 15 is 0 Å². The van der Waals surface area contributed by atoms with Crippen molar-refractivity contribution in [2.45, 2.75) is 19.9 Å². The zero-order valence-electron chi connectivity index (χ0n) is 12.1. The lowest BCUT2D eigenvalue weighted by Crippen LogP contribution is -2.46. The van der Waals surface area contributed by atoms with Gasteiger partial charge >= 0.3 is 6.03 Å². The second-order valence-corrected chi connectivity index (χ2v) is 4.78. The van der Waals surface area contributed by atoms with Gasteiger partial charge in [-0.2, -0.15) is 0 Å². The molecule has 2 rings (SSSR count). The highest BCUT2D eigenvalue weighted by atomic mass is 16.5. The Morgan fingerprint density at radius 1 is 1.45 bits per heavy atom. The van der Waals surface area contributed by atoms with Crippen LogP contribution in [0.3, 0.4) is 0 Å². The maximum atomic E-state index is 12.1. The molecule has 1 aliphatic heterocycles. The Bertz CT molecular complexity index is 444. The summed E-state index contributed by atoms with van der Waals surface area (Å²) in [5.41, 5.74) is 1.04. The molecule has 1 fully saturated rings. The Kier molecular flexibility index (Phi) is 5.24. The number of carbonyl (C=O) groups is 1. The van der Waals surface area contributed by atoms with Crippen molar-refractivity contribution >= 4 is 6.03 Å². The number of hydrogen-bond acceptors (Lipinski definition) is 3. The van der Waals surface area contributed by atoms with E-state index in [4.69, 9.17) is 9.47 Å². The Balaban J connectivity index is 1.94. The fourth-order valence-electron chi connectivity index (χ4n) is 2.17. The summed E-state index contributed by atoms with van der Waals surface area (Å²) in [5.74, 6) is 0.831.